The molecule has 0 unspecified atom stereocenters. The zero-order valence-corrected chi connectivity index (χ0v) is 16.7. The van der Waals surface area contributed by atoms with Gasteiger partial charge in [-0.1, -0.05) is 6.07 Å². The first kappa shape index (κ1) is 19.2. The molecule has 2 aromatic rings. The third-order valence-corrected chi connectivity index (χ3v) is 7.28. The summed E-state index contributed by atoms with van der Waals surface area (Å²) in [5.74, 6) is 0.211. The number of furan rings is 1. The fourth-order valence-electron chi connectivity index (χ4n) is 4.10. The van der Waals surface area contributed by atoms with Crippen molar-refractivity contribution in [3.8, 4) is 0 Å². The molecule has 2 heterocycles. The number of sulfonamides is 1. The highest BCUT2D eigenvalue weighted by Gasteiger charge is 2.26. The van der Waals surface area contributed by atoms with Gasteiger partial charge in [0.05, 0.1) is 16.7 Å². The molecule has 28 heavy (non-hydrogen) atoms. The van der Waals surface area contributed by atoms with Gasteiger partial charge in [0.25, 0.3) is 5.91 Å². The number of carbonyl (C=O) groups excluding carboxylic acids is 1. The second kappa shape index (κ2) is 8.09. The summed E-state index contributed by atoms with van der Waals surface area (Å²) >= 11 is 0. The molecule has 6 nitrogen and oxygen atoms in total. The van der Waals surface area contributed by atoms with Crippen LogP contribution in [0.25, 0.3) is 0 Å². The van der Waals surface area contributed by atoms with E-state index < -0.39 is 10.0 Å². The molecule has 150 valence electrons. The van der Waals surface area contributed by atoms with Gasteiger partial charge < -0.3 is 9.32 Å². The van der Waals surface area contributed by atoms with Gasteiger partial charge in [0.1, 0.15) is 6.26 Å². The Hall–Kier alpha value is -2.12. The number of aryl methyl sites for hydroxylation is 2. The van der Waals surface area contributed by atoms with Gasteiger partial charge in [-0.05, 0) is 73.8 Å². The van der Waals surface area contributed by atoms with Crippen molar-refractivity contribution in [2.45, 2.75) is 43.4 Å². The Balaban J connectivity index is 1.32. The molecule has 1 amide bonds. The van der Waals surface area contributed by atoms with Gasteiger partial charge in [0.15, 0.2) is 0 Å². The van der Waals surface area contributed by atoms with Crippen LogP contribution >= 0.6 is 0 Å². The highest BCUT2D eigenvalue weighted by Crippen LogP contribution is 2.24. The smallest absolute Gasteiger partial charge is 0.257 e. The van der Waals surface area contributed by atoms with E-state index in [9.17, 15) is 13.2 Å². The van der Waals surface area contributed by atoms with Crippen LogP contribution in [0.4, 0.5) is 0 Å². The van der Waals surface area contributed by atoms with Crippen molar-refractivity contribution < 1.29 is 17.6 Å². The van der Waals surface area contributed by atoms with E-state index in [0.29, 0.717) is 30.1 Å². The molecule has 0 spiro atoms. The third kappa shape index (κ3) is 4.15. The van der Waals surface area contributed by atoms with Crippen LogP contribution in [0.5, 0.6) is 0 Å². The standard InChI is InChI=1S/C21H26N2O4S/c24-21(19-9-12-27-15-19)23-10-7-16(8-11-23)14-22-28(25,26)20-6-5-17-3-1-2-4-18(17)13-20/h5-6,9,12-13,15-16,22H,1-4,7-8,10-11,14H2. The van der Waals surface area contributed by atoms with E-state index >= 15 is 0 Å². The summed E-state index contributed by atoms with van der Waals surface area (Å²) in [5, 5.41) is 0. The molecule has 2 aliphatic rings. The second-order valence-corrected chi connectivity index (χ2v) is 9.50. The molecule has 0 atom stereocenters. The predicted octanol–water partition coefficient (Wildman–Crippen LogP) is 2.99. The number of nitrogens with zero attached hydrogens (tertiary/aromatic N) is 1. The number of benzene rings is 1. The van der Waals surface area contributed by atoms with Crippen LogP contribution in [0.15, 0.2) is 46.1 Å². The van der Waals surface area contributed by atoms with E-state index in [-0.39, 0.29) is 11.8 Å². The normalized spacial score (nSPS) is 18.1. The number of likely N-dealkylation sites (tertiary alicyclic amines) is 1. The first-order valence-electron chi connectivity index (χ1n) is 9.96. The Morgan fingerprint density at radius 3 is 2.57 bits per heavy atom. The lowest BCUT2D eigenvalue weighted by molar-refractivity contribution is 0.0691. The quantitative estimate of drug-likeness (QED) is 0.834. The molecule has 0 bridgehead atoms. The van der Waals surface area contributed by atoms with E-state index in [1.165, 1.54) is 30.1 Å². The number of fused-ring (bicyclic) bond motifs is 1. The first-order valence-corrected chi connectivity index (χ1v) is 11.4. The molecule has 4 rings (SSSR count). The third-order valence-electron chi connectivity index (χ3n) is 5.86. The number of nitrogens with one attached hydrogen (secondary N) is 1. The van der Waals surface area contributed by atoms with E-state index in [1.807, 2.05) is 12.1 Å². The summed E-state index contributed by atoms with van der Waals surface area (Å²) in [5.41, 5.74) is 3.01. The minimum absolute atomic E-state index is 0.0261. The molecule has 1 aromatic carbocycles. The maximum absolute atomic E-state index is 12.7. The molecule has 1 fully saturated rings. The molecule has 1 aliphatic heterocycles. The van der Waals surface area contributed by atoms with Crippen molar-refractivity contribution >= 4 is 15.9 Å². The van der Waals surface area contributed by atoms with Crippen LogP contribution in [0, 0.1) is 5.92 Å². The Morgan fingerprint density at radius 1 is 1.11 bits per heavy atom. The van der Waals surface area contributed by atoms with Gasteiger partial charge in [0.2, 0.25) is 10.0 Å². The number of carbonyl (C=O) groups is 1. The monoisotopic (exact) mass is 402 g/mol. The Kier molecular flexibility index (Phi) is 5.55. The fourth-order valence-corrected chi connectivity index (χ4v) is 5.26. The molecular weight excluding hydrogens is 376 g/mol. The fraction of sp³-hybridized carbons (Fsp3) is 0.476. The van der Waals surface area contributed by atoms with Crippen LogP contribution in [-0.2, 0) is 22.9 Å². The number of hydrogen-bond acceptors (Lipinski definition) is 4. The van der Waals surface area contributed by atoms with Crippen LogP contribution < -0.4 is 4.72 Å². The van der Waals surface area contributed by atoms with Crippen molar-refractivity contribution in [3.63, 3.8) is 0 Å². The van der Waals surface area contributed by atoms with Gasteiger partial charge in [-0.25, -0.2) is 13.1 Å². The minimum Gasteiger partial charge on any atom is -0.472 e. The first-order chi connectivity index (χ1) is 13.5. The molecule has 0 saturated carbocycles. The molecule has 1 N–H and O–H groups in total. The highest BCUT2D eigenvalue weighted by molar-refractivity contribution is 7.89. The van der Waals surface area contributed by atoms with Gasteiger partial charge in [0, 0.05) is 19.6 Å². The molecule has 1 aromatic heterocycles. The molecule has 7 heteroatoms. The lowest BCUT2D eigenvalue weighted by atomic mass is 9.92. The van der Waals surface area contributed by atoms with E-state index in [2.05, 4.69) is 4.72 Å². The largest absolute Gasteiger partial charge is 0.472 e. The van der Waals surface area contributed by atoms with Crippen molar-refractivity contribution in [3.05, 3.63) is 53.5 Å². The van der Waals surface area contributed by atoms with Crippen LogP contribution in [0.3, 0.4) is 0 Å². The van der Waals surface area contributed by atoms with E-state index in [1.54, 1.807) is 17.0 Å². The maximum atomic E-state index is 12.7. The average molecular weight is 403 g/mol. The van der Waals surface area contributed by atoms with Gasteiger partial charge >= 0.3 is 0 Å². The second-order valence-electron chi connectivity index (χ2n) is 7.74. The Bertz CT molecular complexity index is 929. The van der Waals surface area contributed by atoms with Crippen LogP contribution in [-0.4, -0.2) is 38.9 Å². The number of hydrogen-bond donors (Lipinski definition) is 1. The molecule has 1 aliphatic carbocycles. The predicted molar refractivity (Wildman–Crippen MR) is 106 cm³/mol. The molecule has 1 saturated heterocycles. The van der Waals surface area contributed by atoms with Gasteiger partial charge in [-0.2, -0.15) is 0 Å². The summed E-state index contributed by atoms with van der Waals surface area (Å²) in [6.07, 6.45) is 8.84. The Labute approximate surface area is 166 Å². The lowest BCUT2D eigenvalue weighted by Gasteiger charge is -2.31. The van der Waals surface area contributed by atoms with Gasteiger partial charge in [-0.15, -0.1) is 0 Å². The van der Waals surface area contributed by atoms with Crippen molar-refractivity contribution in [1.82, 2.24) is 9.62 Å². The topological polar surface area (TPSA) is 79.6 Å². The number of piperidine rings is 1. The lowest BCUT2D eigenvalue weighted by Crippen LogP contribution is -2.41. The number of rotatable bonds is 5. The molecular formula is C21H26N2O4S. The molecule has 0 radical (unpaired) electrons. The maximum Gasteiger partial charge on any atom is 0.257 e. The SMILES string of the molecule is O=C(c1ccoc1)N1CCC(CNS(=O)(=O)c2ccc3c(c2)CCCC3)CC1. The summed E-state index contributed by atoms with van der Waals surface area (Å²) < 4.78 is 33.2. The zero-order valence-electron chi connectivity index (χ0n) is 15.9. The number of amides is 1. The summed E-state index contributed by atoms with van der Waals surface area (Å²) in [4.78, 5) is 14.5. The van der Waals surface area contributed by atoms with Crippen LogP contribution in [0.2, 0.25) is 0 Å². The van der Waals surface area contributed by atoms with Gasteiger partial charge in [-0.3, -0.25) is 4.79 Å². The van der Waals surface area contributed by atoms with Crippen molar-refractivity contribution in [1.29, 1.82) is 0 Å². The average Bonchev–Trinajstić information content (AvgIpc) is 3.27. The van der Waals surface area contributed by atoms with Crippen LogP contribution in [0.1, 0.15) is 47.2 Å². The summed E-state index contributed by atoms with van der Waals surface area (Å²) in [6, 6.07) is 7.19. The highest BCUT2D eigenvalue weighted by atomic mass is 32.2. The van der Waals surface area contributed by atoms with Crippen molar-refractivity contribution in [2.75, 3.05) is 19.6 Å². The summed E-state index contributed by atoms with van der Waals surface area (Å²) in [6.45, 7) is 1.68. The van der Waals surface area contributed by atoms with Crippen molar-refractivity contribution in [2.24, 2.45) is 5.92 Å². The Morgan fingerprint density at radius 2 is 1.86 bits per heavy atom. The summed E-state index contributed by atoms with van der Waals surface area (Å²) in [7, 11) is -3.50. The van der Waals surface area contributed by atoms with E-state index in [4.69, 9.17) is 4.42 Å². The minimum atomic E-state index is -3.50. The van der Waals surface area contributed by atoms with E-state index in [0.717, 1.165) is 32.1 Å². The zero-order chi connectivity index (χ0) is 19.6.